The first-order valence-corrected chi connectivity index (χ1v) is 14.7. The molecule has 0 heterocycles. The molecule has 0 bridgehead atoms. The van der Waals surface area contributed by atoms with E-state index in [-0.39, 0.29) is 42.5 Å². The summed E-state index contributed by atoms with van der Waals surface area (Å²) in [6.07, 6.45) is 0. The van der Waals surface area contributed by atoms with E-state index in [1.807, 2.05) is 49.4 Å². The number of nitrogens with zero attached hydrogens (tertiary/aromatic N) is 1. The zero-order chi connectivity index (χ0) is 31.6. The quantitative estimate of drug-likeness (QED) is 0.155. The van der Waals surface area contributed by atoms with Gasteiger partial charge >= 0.3 is 0 Å². The minimum Gasteiger partial charge on any atom is -0.324 e. The molecule has 0 fully saturated rings. The van der Waals surface area contributed by atoms with Crippen LogP contribution in [-0.4, -0.2) is 41.4 Å². The van der Waals surface area contributed by atoms with E-state index in [2.05, 4.69) is 10.6 Å². The Labute approximate surface area is 262 Å². The van der Waals surface area contributed by atoms with E-state index in [1.54, 1.807) is 102 Å². The normalized spacial score (nSPS) is 11.4. The van der Waals surface area contributed by atoms with Crippen molar-refractivity contribution in [3.8, 4) is 0 Å². The second kappa shape index (κ2) is 14.7. The first kappa shape index (κ1) is 30.8. The summed E-state index contributed by atoms with van der Waals surface area (Å²) in [5.74, 6) is -1.16. The molecular weight excluding hydrogens is 562 g/mol. The molecule has 7 heteroatoms. The van der Waals surface area contributed by atoms with Gasteiger partial charge in [0.25, 0.3) is 0 Å². The van der Waals surface area contributed by atoms with Gasteiger partial charge in [0.2, 0.25) is 11.8 Å². The Balaban J connectivity index is 1.34. The number of rotatable bonds is 12. The van der Waals surface area contributed by atoms with Crippen LogP contribution in [0.25, 0.3) is 0 Å². The van der Waals surface area contributed by atoms with Gasteiger partial charge in [-0.15, -0.1) is 0 Å². The van der Waals surface area contributed by atoms with E-state index in [0.29, 0.717) is 33.6 Å². The summed E-state index contributed by atoms with van der Waals surface area (Å²) < 4.78 is 0. The number of carbonyl (C=O) groups excluding carboxylic acids is 4. The van der Waals surface area contributed by atoms with Gasteiger partial charge in [-0.3, -0.25) is 24.1 Å². The maximum Gasteiger partial charge on any atom is 0.238 e. The van der Waals surface area contributed by atoms with E-state index in [0.717, 1.165) is 5.56 Å². The molecule has 2 amide bonds. The third-order valence-corrected chi connectivity index (χ3v) is 7.49. The van der Waals surface area contributed by atoms with Gasteiger partial charge in [0.15, 0.2) is 11.6 Å². The summed E-state index contributed by atoms with van der Waals surface area (Å²) in [7, 11) is 0. The van der Waals surface area contributed by atoms with Crippen LogP contribution in [0.3, 0.4) is 0 Å². The van der Waals surface area contributed by atoms with Crippen LogP contribution in [0.15, 0.2) is 140 Å². The monoisotopic (exact) mass is 595 g/mol. The highest BCUT2D eigenvalue weighted by atomic mass is 16.2. The standard InChI is InChI=1S/C38H33N3O4/c1-27(28-15-5-2-6-16-28)41(25-35(42)39-33-23-13-11-21-31(33)37(44)29-17-7-3-8-18-29)26-36(43)40-34-24-14-12-22-32(34)38(45)30-19-9-4-10-20-30/h2-24,27H,25-26H2,1H3,(H,39,42)(H,40,43)/t27-/m1/s1. The molecule has 5 rings (SSSR count). The minimum absolute atomic E-state index is 0.123. The number of hydrogen-bond donors (Lipinski definition) is 2. The highest BCUT2D eigenvalue weighted by Gasteiger charge is 2.24. The Bertz CT molecular complexity index is 1680. The maximum absolute atomic E-state index is 13.5. The lowest BCUT2D eigenvalue weighted by atomic mass is 10.0. The molecule has 1 atom stereocenters. The largest absolute Gasteiger partial charge is 0.324 e. The van der Waals surface area contributed by atoms with Crippen LogP contribution in [0.1, 0.15) is 50.4 Å². The number of anilines is 2. The second-order valence-corrected chi connectivity index (χ2v) is 10.6. The second-order valence-electron chi connectivity index (χ2n) is 10.6. The Morgan fingerprint density at radius 1 is 0.511 bits per heavy atom. The van der Waals surface area contributed by atoms with Gasteiger partial charge in [0, 0.05) is 28.3 Å². The molecule has 0 spiro atoms. The predicted molar refractivity (Wildman–Crippen MR) is 176 cm³/mol. The lowest BCUT2D eigenvalue weighted by molar-refractivity contribution is -0.120. The van der Waals surface area contributed by atoms with Crippen LogP contribution in [-0.2, 0) is 9.59 Å². The van der Waals surface area contributed by atoms with Gasteiger partial charge in [0.05, 0.1) is 24.5 Å². The Hall–Kier alpha value is -5.66. The minimum atomic E-state index is -0.376. The molecule has 0 aromatic heterocycles. The molecule has 0 saturated carbocycles. The lowest BCUT2D eigenvalue weighted by Gasteiger charge is -2.28. The SMILES string of the molecule is C[C@H](c1ccccc1)N(CC(=O)Nc1ccccc1C(=O)c1ccccc1)CC(=O)Nc1ccccc1C(=O)c1ccccc1. The van der Waals surface area contributed by atoms with E-state index in [4.69, 9.17) is 0 Å². The molecule has 5 aromatic carbocycles. The molecule has 0 aliphatic heterocycles. The molecule has 45 heavy (non-hydrogen) atoms. The number of hydrogen-bond acceptors (Lipinski definition) is 5. The molecular formula is C38H33N3O4. The fourth-order valence-corrected chi connectivity index (χ4v) is 5.09. The summed E-state index contributed by atoms with van der Waals surface area (Å²) in [4.78, 5) is 55.1. The third-order valence-electron chi connectivity index (χ3n) is 7.49. The fourth-order valence-electron chi connectivity index (χ4n) is 5.09. The zero-order valence-corrected chi connectivity index (χ0v) is 24.9. The van der Waals surface area contributed by atoms with Crippen LogP contribution in [0.2, 0.25) is 0 Å². The summed E-state index contributed by atoms with van der Waals surface area (Å²) in [5, 5.41) is 5.77. The lowest BCUT2D eigenvalue weighted by Crippen LogP contribution is -2.40. The van der Waals surface area contributed by atoms with E-state index < -0.39 is 0 Å². The molecule has 5 aromatic rings. The Morgan fingerprint density at radius 2 is 0.867 bits per heavy atom. The molecule has 0 unspecified atom stereocenters. The Kier molecular flexibility index (Phi) is 10.0. The van der Waals surface area contributed by atoms with Crippen molar-refractivity contribution in [3.63, 3.8) is 0 Å². The van der Waals surface area contributed by atoms with Crippen LogP contribution < -0.4 is 10.6 Å². The van der Waals surface area contributed by atoms with Crippen LogP contribution in [0.5, 0.6) is 0 Å². The smallest absolute Gasteiger partial charge is 0.238 e. The zero-order valence-electron chi connectivity index (χ0n) is 24.9. The van der Waals surface area contributed by atoms with Crippen molar-refractivity contribution in [1.29, 1.82) is 0 Å². The van der Waals surface area contributed by atoms with Gasteiger partial charge in [0.1, 0.15) is 0 Å². The molecule has 7 nitrogen and oxygen atoms in total. The third kappa shape index (κ3) is 7.84. The van der Waals surface area contributed by atoms with E-state index >= 15 is 0 Å². The van der Waals surface area contributed by atoms with Gasteiger partial charge in [-0.25, -0.2) is 0 Å². The van der Waals surface area contributed by atoms with Crippen molar-refractivity contribution >= 4 is 34.8 Å². The molecule has 0 aliphatic carbocycles. The number of para-hydroxylation sites is 2. The number of ketones is 2. The summed E-state index contributed by atoms with van der Waals surface area (Å²) in [5.41, 5.74) is 3.48. The Morgan fingerprint density at radius 3 is 1.29 bits per heavy atom. The van der Waals surface area contributed by atoms with E-state index in [1.165, 1.54) is 0 Å². The average Bonchev–Trinajstić information content (AvgIpc) is 3.08. The number of nitrogens with one attached hydrogen (secondary N) is 2. The molecule has 0 saturated heterocycles. The summed E-state index contributed by atoms with van der Waals surface area (Å²) >= 11 is 0. The average molecular weight is 596 g/mol. The number of carbonyl (C=O) groups is 4. The fraction of sp³-hybridized carbons (Fsp3) is 0.105. The summed E-state index contributed by atoms with van der Waals surface area (Å²) in [6.45, 7) is 1.68. The molecule has 0 aliphatic rings. The molecule has 224 valence electrons. The van der Waals surface area contributed by atoms with Crippen molar-refractivity contribution in [1.82, 2.24) is 4.90 Å². The van der Waals surface area contributed by atoms with E-state index in [9.17, 15) is 19.2 Å². The maximum atomic E-state index is 13.5. The van der Waals surface area contributed by atoms with Gasteiger partial charge in [-0.2, -0.15) is 0 Å². The first-order chi connectivity index (χ1) is 21.9. The predicted octanol–water partition coefficient (Wildman–Crippen LogP) is 6.79. The highest BCUT2D eigenvalue weighted by Crippen LogP contribution is 2.23. The molecule has 2 N–H and O–H groups in total. The van der Waals surface area contributed by atoms with Gasteiger partial charge < -0.3 is 10.6 Å². The van der Waals surface area contributed by atoms with Crippen molar-refractivity contribution in [3.05, 3.63) is 167 Å². The van der Waals surface area contributed by atoms with Gasteiger partial charge in [-0.1, -0.05) is 115 Å². The van der Waals surface area contributed by atoms with Crippen molar-refractivity contribution in [2.45, 2.75) is 13.0 Å². The highest BCUT2D eigenvalue weighted by molar-refractivity contribution is 6.14. The topological polar surface area (TPSA) is 95.6 Å². The first-order valence-electron chi connectivity index (χ1n) is 14.7. The summed E-state index contributed by atoms with van der Waals surface area (Å²) in [6, 6.07) is 40.8. The van der Waals surface area contributed by atoms with Crippen molar-refractivity contribution in [2.75, 3.05) is 23.7 Å². The number of benzene rings is 5. The van der Waals surface area contributed by atoms with Crippen LogP contribution in [0.4, 0.5) is 11.4 Å². The molecule has 0 radical (unpaired) electrons. The van der Waals surface area contributed by atoms with Gasteiger partial charge in [-0.05, 0) is 36.8 Å². The van der Waals surface area contributed by atoms with Crippen LogP contribution in [0, 0.1) is 0 Å². The van der Waals surface area contributed by atoms with Crippen molar-refractivity contribution < 1.29 is 19.2 Å². The van der Waals surface area contributed by atoms with Crippen molar-refractivity contribution in [2.24, 2.45) is 0 Å². The van der Waals surface area contributed by atoms with Crippen LogP contribution >= 0.6 is 0 Å². The number of amides is 2.